The van der Waals surface area contributed by atoms with Crippen LogP contribution in [-0.2, 0) is 9.59 Å². The van der Waals surface area contributed by atoms with E-state index in [1.54, 1.807) is 17.3 Å². The minimum atomic E-state index is -0.0375. The van der Waals surface area contributed by atoms with Crippen LogP contribution in [0.1, 0.15) is 39.0 Å². The lowest BCUT2D eigenvalue weighted by atomic mass is 9.76. The summed E-state index contributed by atoms with van der Waals surface area (Å²) in [6.45, 7) is 7.69. The monoisotopic (exact) mass is 421 g/mol. The quantitative estimate of drug-likeness (QED) is 0.518. The van der Waals surface area contributed by atoms with Crippen molar-refractivity contribution in [2.75, 3.05) is 44.2 Å². The summed E-state index contributed by atoms with van der Waals surface area (Å²) in [5.74, 6) is 1.50. The van der Waals surface area contributed by atoms with Gasteiger partial charge in [-0.2, -0.15) is 0 Å². The van der Waals surface area contributed by atoms with E-state index in [0.717, 1.165) is 70.8 Å². The average molecular weight is 422 g/mol. The van der Waals surface area contributed by atoms with E-state index in [9.17, 15) is 9.59 Å². The molecule has 29 heavy (non-hydrogen) atoms. The zero-order valence-electron chi connectivity index (χ0n) is 17.2. The van der Waals surface area contributed by atoms with E-state index in [0.29, 0.717) is 12.5 Å². The van der Waals surface area contributed by atoms with E-state index in [1.165, 1.54) is 0 Å². The highest BCUT2D eigenvalue weighted by molar-refractivity contribution is 6.05. The number of anilines is 1. The van der Waals surface area contributed by atoms with Gasteiger partial charge in [0.1, 0.15) is 0 Å². The molecule has 2 aliphatic heterocycles. The SMILES string of the molecule is CC1CCC2C(=O)N(CCCCN3CCN(c4ncccn4)CC3)C(=O)C2C1.Cl. The number of piperazine rings is 1. The number of aromatic nitrogens is 2. The average Bonchev–Trinajstić information content (AvgIpc) is 2.96. The van der Waals surface area contributed by atoms with Gasteiger partial charge in [-0.05, 0) is 50.6 Å². The minimum absolute atomic E-state index is 0. The highest BCUT2D eigenvalue weighted by Crippen LogP contribution is 2.40. The lowest BCUT2D eigenvalue weighted by Gasteiger charge is -2.34. The van der Waals surface area contributed by atoms with Crippen LogP contribution in [-0.4, -0.2) is 70.9 Å². The molecule has 160 valence electrons. The van der Waals surface area contributed by atoms with Gasteiger partial charge in [0.25, 0.3) is 0 Å². The van der Waals surface area contributed by atoms with E-state index in [2.05, 4.69) is 26.7 Å². The van der Waals surface area contributed by atoms with Gasteiger partial charge in [-0.25, -0.2) is 9.97 Å². The highest BCUT2D eigenvalue weighted by Gasteiger charge is 2.48. The number of carbonyl (C=O) groups excluding carboxylic acids is 2. The third-order valence-electron chi connectivity index (χ3n) is 6.59. The molecule has 0 bridgehead atoms. The first kappa shape index (κ1) is 22.0. The first-order chi connectivity index (χ1) is 13.6. The van der Waals surface area contributed by atoms with Crippen molar-refractivity contribution in [1.29, 1.82) is 0 Å². The number of carbonyl (C=O) groups is 2. The number of likely N-dealkylation sites (tertiary alicyclic amines) is 1. The van der Waals surface area contributed by atoms with Gasteiger partial charge in [-0.15, -0.1) is 12.4 Å². The molecule has 4 rings (SSSR count). The lowest BCUT2D eigenvalue weighted by molar-refractivity contribution is -0.140. The topological polar surface area (TPSA) is 69.6 Å². The molecule has 1 aromatic rings. The van der Waals surface area contributed by atoms with E-state index in [4.69, 9.17) is 0 Å². The van der Waals surface area contributed by atoms with Gasteiger partial charge in [-0.3, -0.25) is 19.4 Å². The van der Waals surface area contributed by atoms with Crippen molar-refractivity contribution < 1.29 is 9.59 Å². The second kappa shape index (κ2) is 9.85. The minimum Gasteiger partial charge on any atom is -0.338 e. The van der Waals surface area contributed by atoms with Crippen molar-refractivity contribution in [3.63, 3.8) is 0 Å². The Balaban J connectivity index is 0.00000240. The number of amides is 2. The fourth-order valence-electron chi connectivity index (χ4n) is 4.91. The molecule has 3 unspecified atom stereocenters. The Bertz CT molecular complexity index is 696. The normalized spacial score (nSPS) is 27.7. The Hall–Kier alpha value is -1.73. The molecule has 0 radical (unpaired) electrons. The Morgan fingerprint density at radius 3 is 2.31 bits per heavy atom. The summed E-state index contributed by atoms with van der Waals surface area (Å²) in [4.78, 5) is 40.1. The molecule has 3 fully saturated rings. The van der Waals surface area contributed by atoms with Crippen LogP contribution in [0, 0.1) is 17.8 Å². The number of hydrogen-bond acceptors (Lipinski definition) is 6. The molecule has 1 aliphatic carbocycles. The van der Waals surface area contributed by atoms with Crippen LogP contribution in [0.15, 0.2) is 18.5 Å². The first-order valence-electron chi connectivity index (χ1n) is 10.7. The van der Waals surface area contributed by atoms with E-state index >= 15 is 0 Å². The fraction of sp³-hybridized carbons (Fsp3) is 0.714. The number of nitrogens with zero attached hydrogens (tertiary/aromatic N) is 5. The highest BCUT2D eigenvalue weighted by atomic mass is 35.5. The van der Waals surface area contributed by atoms with Crippen molar-refractivity contribution in [2.24, 2.45) is 17.8 Å². The standard InChI is InChI=1S/C21H31N5O2.ClH/c1-16-5-6-17-18(15-16)20(28)26(19(17)27)10-3-2-9-24-11-13-25(14-12-24)21-22-7-4-8-23-21;/h4,7-8,16-18H,2-3,5-6,9-15H2,1H3;1H. The molecule has 2 saturated heterocycles. The molecule has 3 heterocycles. The van der Waals surface area contributed by atoms with Crippen LogP contribution in [0.5, 0.6) is 0 Å². The molecule has 0 aromatic carbocycles. The fourth-order valence-corrected chi connectivity index (χ4v) is 4.91. The second-order valence-electron chi connectivity index (χ2n) is 8.54. The summed E-state index contributed by atoms with van der Waals surface area (Å²) in [6, 6.07) is 1.84. The first-order valence-corrected chi connectivity index (χ1v) is 10.7. The number of fused-ring (bicyclic) bond motifs is 1. The summed E-state index contributed by atoms with van der Waals surface area (Å²) in [5.41, 5.74) is 0. The van der Waals surface area contributed by atoms with Gasteiger partial charge < -0.3 is 4.90 Å². The summed E-state index contributed by atoms with van der Waals surface area (Å²) < 4.78 is 0. The zero-order valence-corrected chi connectivity index (χ0v) is 18.0. The summed E-state index contributed by atoms with van der Waals surface area (Å²) in [6.07, 6.45) is 8.34. The van der Waals surface area contributed by atoms with Gasteiger partial charge in [0.2, 0.25) is 17.8 Å². The van der Waals surface area contributed by atoms with Gasteiger partial charge in [0.05, 0.1) is 11.8 Å². The lowest BCUT2D eigenvalue weighted by Crippen LogP contribution is -2.47. The molecule has 2 amide bonds. The van der Waals surface area contributed by atoms with Crippen LogP contribution < -0.4 is 4.90 Å². The molecule has 3 aliphatic rings. The molecule has 0 N–H and O–H groups in total. The molecule has 3 atom stereocenters. The molecule has 1 aromatic heterocycles. The Morgan fingerprint density at radius 2 is 1.59 bits per heavy atom. The van der Waals surface area contributed by atoms with Gasteiger partial charge in [0, 0.05) is 45.1 Å². The smallest absolute Gasteiger partial charge is 0.233 e. The van der Waals surface area contributed by atoms with Gasteiger partial charge >= 0.3 is 0 Å². The summed E-state index contributed by atoms with van der Waals surface area (Å²) >= 11 is 0. The van der Waals surface area contributed by atoms with E-state index < -0.39 is 0 Å². The third kappa shape index (κ3) is 4.89. The molecule has 8 heteroatoms. The largest absolute Gasteiger partial charge is 0.338 e. The molecular weight excluding hydrogens is 390 g/mol. The van der Waals surface area contributed by atoms with Crippen molar-refractivity contribution in [3.8, 4) is 0 Å². The predicted molar refractivity (Wildman–Crippen MR) is 114 cm³/mol. The second-order valence-corrected chi connectivity index (χ2v) is 8.54. The van der Waals surface area contributed by atoms with Gasteiger partial charge in [0.15, 0.2) is 0 Å². The maximum absolute atomic E-state index is 12.6. The van der Waals surface area contributed by atoms with Crippen molar-refractivity contribution in [2.45, 2.75) is 39.0 Å². The number of hydrogen-bond donors (Lipinski definition) is 0. The van der Waals surface area contributed by atoms with Gasteiger partial charge in [-0.1, -0.05) is 6.92 Å². The number of rotatable bonds is 6. The van der Waals surface area contributed by atoms with Crippen LogP contribution in [0.3, 0.4) is 0 Å². The molecule has 1 saturated carbocycles. The number of unbranched alkanes of at least 4 members (excludes halogenated alkanes) is 1. The maximum Gasteiger partial charge on any atom is 0.233 e. The van der Waals surface area contributed by atoms with Crippen LogP contribution in [0.2, 0.25) is 0 Å². The van der Waals surface area contributed by atoms with Crippen LogP contribution >= 0.6 is 12.4 Å². The predicted octanol–water partition coefficient (Wildman–Crippen LogP) is 2.22. The maximum atomic E-state index is 12.6. The van der Waals surface area contributed by atoms with E-state index in [-0.39, 0.29) is 36.1 Å². The molecule has 7 nitrogen and oxygen atoms in total. The number of imide groups is 1. The zero-order chi connectivity index (χ0) is 19.5. The van der Waals surface area contributed by atoms with Crippen LogP contribution in [0.4, 0.5) is 5.95 Å². The van der Waals surface area contributed by atoms with Crippen molar-refractivity contribution in [1.82, 2.24) is 19.8 Å². The van der Waals surface area contributed by atoms with Crippen molar-refractivity contribution in [3.05, 3.63) is 18.5 Å². The Kier molecular flexibility index (Phi) is 7.46. The Morgan fingerprint density at radius 1 is 0.931 bits per heavy atom. The van der Waals surface area contributed by atoms with Crippen molar-refractivity contribution >= 4 is 30.2 Å². The third-order valence-corrected chi connectivity index (χ3v) is 6.59. The molecule has 0 spiro atoms. The summed E-state index contributed by atoms with van der Waals surface area (Å²) in [7, 11) is 0. The van der Waals surface area contributed by atoms with E-state index in [1.807, 2.05) is 6.07 Å². The number of halogens is 1. The van der Waals surface area contributed by atoms with Crippen LogP contribution in [0.25, 0.3) is 0 Å². The Labute approximate surface area is 179 Å². The summed E-state index contributed by atoms with van der Waals surface area (Å²) in [5, 5.41) is 0. The molecular formula is C21H32ClN5O2.